The number of aryl methyl sites for hydroxylation is 1. The normalized spacial score (nSPS) is 14.6. The minimum absolute atomic E-state index is 0.0523. The van der Waals surface area contributed by atoms with Gasteiger partial charge in [0.25, 0.3) is 5.91 Å². The van der Waals surface area contributed by atoms with Crippen LogP contribution in [0.4, 0.5) is 0 Å². The Bertz CT molecular complexity index is 746. The number of rotatable bonds is 6. The second kappa shape index (κ2) is 7.51. The van der Waals surface area contributed by atoms with E-state index in [4.69, 9.17) is 0 Å². The van der Waals surface area contributed by atoms with Crippen molar-refractivity contribution in [2.45, 2.75) is 39.3 Å². The Hall–Kier alpha value is -2.62. The molecule has 0 heterocycles. The van der Waals surface area contributed by atoms with Crippen LogP contribution in [0.5, 0.6) is 0 Å². The van der Waals surface area contributed by atoms with Crippen molar-refractivity contribution in [2.75, 3.05) is 0 Å². The van der Waals surface area contributed by atoms with Crippen molar-refractivity contribution in [3.05, 3.63) is 70.8 Å². The number of carbonyl (C=O) groups is 2. The molecule has 0 saturated heterocycles. The molecule has 1 atom stereocenters. The molecule has 25 heavy (non-hydrogen) atoms. The summed E-state index contributed by atoms with van der Waals surface area (Å²) < 4.78 is 0. The van der Waals surface area contributed by atoms with Gasteiger partial charge in [-0.05, 0) is 48.9 Å². The van der Waals surface area contributed by atoms with Crippen LogP contribution < -0.4 is 10.6 Å². The number of benzene rings is 2. The van der Waals surface area contributed by atoms with Crippen LogP contribution in [0.2, 0.25) is 0 Å². The van der Waals surface area contributed by atoms with Gasteiger partial charge in [0.1, 0.15) is 0 Å². The van der Waals surface area contributed by atoms with Crippen LogP contribution in [0.15, 0.2) is 48.5 Å². The second-order valence-electron chi connectivity index (χ2n) is 6.81. The third-order valence-electron chi connectivity index (χ3n) is 4.57. The van der Waals surface area contributed by atoms with Crippen LogP contribution >= 0.6 is 0 Å². The maximum Gasteiger partial charge on any atom is 0.251 e. The fourth-order valence-corrected chi connectivity index (χ4v) is 2.90. The van der Waals surface area contributed by atoms with E-state index in [1.165, 1.54) is 18.1 Å². The first kappa shape index (κ1) is 17.2. The predicted molar refractivity (Wildman–Crippen MR) is 98.1 cm³/mol. The number of hydrogen-bond donors (Lipinski definition) is 2. The zero-order valence-corrected chi connectivity index (χ0v) is 14.7. The van der Waals surface area contributed by atoms with Crippen molar-refractivity contribution in [3.8, 4) is 0 Å². The van der Waals surface area contributed by atoms with E-state index in [1.807, 2.05) is 24.3 Å². The molecule has 2 N–H and O–H groups in total. The average molecular weight is 336 g/mol. The predicted octanol–water partition coefficient (Wildman–Crippen LogP) is 3.51. The number of nitrogens with one attached hydrogen (secondary N) is 2. The maximum absolute atomic E-state index is 12.6. The van der Waals surface area contributed by atoms with Crippen molar-refractivity contribution in [2.24, 2.45) is 5.92 Å². The molecule has 1 unspecified atom stereocenters. The third kappa shape index (κ3) is 4.69. The van der Waals surface area contributed by atoms with Gasteiger partial charge in [0.2, 0.25) is 5.91 Å². The quantitative estimate of drug-likeness (QED) is 0.848. The fraction of sp³-hybridized carbons (Fsp3) is 0.333. The van der Waals surface area contributed by atoms with Crippen molar-refractivity contribution >= 4 is 11.8 Å². The highest BCUT2D eigenvalue weighted by molar-refractivity contribution is 5.94. The van der Waals surface area contributed by atoms with Gasteiger partial charge in [-0.15, -0.1) is 0 Å². The molecule has 4 heteroatoms. The summed E-state index contributed by atoms with van der Waals surface area (Å²) in [5.41, 5.74) is 4.01. The van der Waals surface area contributed by atoms with Crippen LogP contribution in [-0.4, -0.2) is 11.8 Å². The van der Waals surface area contributed by atoms with E-state index in [0.717, 1.165) is 18.4 Å². The van der Waals surface area contributed by atoms with Crippen molar-refractivity contribution in [3.63, 3.8) is 0 Å². The van der Waals surface area contributed by atoms with Crippen LogP contribution in [0, 0.1) is 12.8 Å². The van der Waals surface area contributed by atoms with Gasteiger partial charge < -0.3 is 10.6 Å². The molecule has 1 aliphatic rings. The van der Waals surface area contributed by atoms with Gasteiger partial charge in [0.05, 0.1) is 6.04 Å². The first-order valence-corrected chi connectivity index (χ1v) is 8.74. The molecular weight excluding hydrogens is 312 g/mol. The van der Waals surface area contributed by atoms with E-state index in [1.54, 1.807) is 0 Å². The largest absolute Gasteiger partial charge is 0.352 e. The lowest BCUT2D eigenvalue weighted by Crippen LogP contribution is -2.30. The minimum Gasteiger partial charge on any atom is -0.352 e. The topological polar surface area (TPSA) is 58.2 Å². The van der Waals surface area contributed by atoms with Gasteiger partial charge >= 0.3 is 0 Å². The fourth-order valence-electron chi connectivity index (χ4n) is 2.90. The lowest BCUT2D eigenvalue weighted by atomic mass is 10.0. The summed E-state index contributed by atoms with van der Waals surface area (Å²) in [4.78, 5) is 23.6. The van der Waals surface area contributed by atoms with Crippen molar-refractivity contribution in [1.29, 1.82) is 0 Å². The van der Waals surface area contributed by atoms with Gasteiger partial charge in [0, 0.05) is 19.0 Å². The highest BCUT2D eigenvalue weighted by Crippen LogP contribution is 2.41. The number of carbonyl (C=O) groups excluding carboxylic acids is 2. The standard InChI is InChI=1S/C21H24N2O2/c1-14-3-7-17(8-4-14)20(18-11-12-18)23-21(25)19-9-5-16(6-10-19)13-22-15(2)24/h3-10,18,20H,11-13H2,1-2H3,(H,22,24)(H,23,25). The zero-order chi connectivity index (χ0) is 17.8. The van der Waals surface area contributed by atoms with E-state index < -0.39 is 0 Å². The molecule has 0 radical (unpaired) electrons. The molecule has 1 saturated carbocycles. The van der Waals surface area contributed by atoms with Gasteiger partial charge in [-0.1, -0.05) is 42.0 Å². The number of amides is 2. The zero-order valence-electron chi connectivity index (χ0n) is 14.7. The molecule has 0 aliphatic heterocycles. The molecule has 4 nitrogen and oxygen atoms in total. The van der Waals surface area contributed by atoms with Crippen LogP contribution in [-0.2, 0) is 11.3 Å². The lowest BCUT2D eigenvalue weighted by molar-refractivity contribution is -0.119. The molecule has 1 fully saturated rings. The summed E-state index contributed by atoms with van der Waals surface area (Å²) in [6.07, 6.45) is 2.32. The highest BCUT2D eigenvalue weighted by atomic mass is 16.2. The Kier molecular flexibility index (Phi) is 5.17. The summed E-state index contributed by atoms with van der Waals surface area (Å²) in [5, 5.41) is 5.94. The molecule has 1 aliphatic carbocycles. The Morgan fingerprint density at radius 3 is 2.24 bits per heavy atom. The van der Waals surface area contributed by atoms with Crippen molar-refractivity contribution < 1.29 is 9.59 Å². The molecule has 0 aromatic heterocycles. The molecule has 2 aromatic rings. The van der Waals surface area contributed by atoms with E-state index in [0.29, 0.717) is 18.0 Å². The summed E-state index contributed by atoms with van der Waals surface area (Å²) in [5.74, 6) is 0.418. The SMILES string of the molecule is CC(=O)NCc1ccc(C(=O)NC(c2ccc(C)cc2)C2CC2)cc1. The Morgan fingerprint density at radius 2 is 1.68 bits per heavy atom. The Balaban J connectivity index is 1.67. The van der Waals surface area contributed by atoms with Gasteiger partial charge in [-0.2, -0.15) is 0 Å². The summed E-state index contributed by atoms with van der Waals surface area (Å²) >= 11 is 0. The lowest BCUT2D eigenvalue weighted by Gasteiger charge is -2.19. The first-order chi connectivity index (χ1) is 12.0. The van der Waals surface area contributed by atoms with Crippen LogP contribution in [0.25, 0.3) is 0 Å². The maximum atomic E-state index is 12.6. The highest BCUT2D eigenvalue weighted by Gasteiger charge is 2.33. The van der Waals surface area contributed by atoms with Gasteiger partial charge in [0.15, 0.2) is 0 Å². The second-order valence-corrected chi connectivity index (χ2v) is 6.81. The Labute approximate surface area is 148 Å². The summed E-state index contributed by atoms with van der Waals surface area (Å²) in [6.45, 7) is 4.03. The average Bonchev–Trinajstić information content (AvgIpc) is 3.44. The van der Waals surface area contributed by atoms with Crippen LogP contribution in [0.1, 0.15) is 52.9 Å². The van der Waals surface area contributed by atoms with E-state index >= 15 is 0 Å². The summed E-state index contributed by atoms with van der Waals surface area (Å²) in [6, 6.07) is 15.8. The molecule has 3 rings (SSSR count). The monoisotopic (exact) mass is 336 g/mol. The third-order valence-corrected chi connectivity index (χ3v) is 4.57. The summed E-state index contributed by atoms with van der Waals surface area (Å²) in [7, 11) is 0. The molecule has 130 valence electrons. The van der Waals surface area contributed by atoms with E-state index in [2.05, 4.69) is 41.8 Å². The molecular formula is C21H24N2O2. The van der Waals surface area contributed by atoms with E-state index in [-0.39, 0.29) is 17.9 Å². The smallest absolute Gasteiger partial charge is 0.251 e. The van der Waals surface area contributed by atoms with E-state index in [9.17, 15) is 9.59 Å². The molecule has 2 amide bonds. The van der Waals surface area contributed by atoms with Crippen LogP contribution in [0.3, 0.4) is 0 Å². The first-order valence-electron chi connectivity index (χ1n) is 8.74. The molecule has 0 bridgehead atoms. The Morgan fingerprint density at radius 1 is 1.04 bits per heavy atom. The van der Waals surface area contributed by atoms with Gasteiger partial charge in [-0.3, -0.25) is 9.59 Å². The van der Waals surface area contributed by atoms with Crippen molar-refractivity contribution in [1.82, 2.24) is 10.6 Å². The molecule has 0 spiro atoms. The van der Waals surface area contributed by atoms with Gasteiger partial charge in [-0.25, -0.2) is 0 Å². The number of hydrogen-bond acceptors (Lipinski definition) is 2. The minimum atomic E-state index is -0.0628. The molecule has 2 aromatic carbocycles.